The molecule has 2 heteroatoms. The molecular weight excluding hydrogens is 238 g/mol. The number of hydrogen-bond donors (Lipinski definition) is 1. The Bertz CT molecular complexity index is 427. The molecule has 1 aliphatic heterocycles. The smallest absolute Gasteiger partial charge is 0.0108 e. The molecule has 1 heterocycles. The van der Waals surface area contributed by atoms with Gasteiger partial charge in [-0.25, -0.2) is 0 Å². The summed E-state index contributed by atoms with van der Waals surface area (Å²) in [6.45, 7) is 5.95. The van der Waals surface area contributed by atoms with Crippen LogP contribution in [0.15, 0.2) is 29.2 Å². The first-order chi connectivity index (χ1) is 8.64. The third-order valence-corrected chi connectivity index (χ3v) is 5.67. The van der Waals surface area contributed by atoms with Crippen LogP contribution in [0.5, 0.6) is 0 Å². The number of thioether (sulfide) groups is 1. The Morgan fingerprint density at radius 1 is 1.33 bits per heavy atom. The van der Waals surface area contributed by atoms with E-state index in [0.717, 1.165) is 18.5 Å². The van der Waals surface area contributed by atoms with Gasteiger partial charge in [0.2, 0.25) is 0 Å². The Morgan fingerprint density at radius 3 is 2.94 bits per heavy atom. The molecule has 0 spiro atoms. The van der Waals surface area contributed by atoms with E-state index in [1.54, 1.807) is 5.56 Å². The summed E-state index contributed by atoms with van der Waals surface area (Å²) >= 11 is 2.02. The molecule has 1 aliphatic carbocycles. The molecule has 0 saturated heterocycles. The summed E-state index contributed by atoms with van der Waals surface area (Å²) in [6, 6.07) is 9.65. The molecule has 2 unspecified atom stereocenters. The Labute approximate surface area is 115 Å². The van der Waals surface area contributed by atoms with Gasteiger partial charge in [-0.1, -0.05) is 32.0 Å². The van der Waals surface area contributed by atoms with E-state index < -0.39 is 0 Å². The van der Waals surface area contributed by atoms with Gasteiger partial charge in [0.15, 0.2) is 0 Å². The highest BCUT2D eigenvalue weighted by Gasteiger charge is 2.31. The molecule has 0 aromatic heterocycles. The minimum atomic E-state index is 0.556. The molecule has 1 saturated carbocycles. The van der Waals surface area contributed by atoms with E-state index >= 15 is 0 Å². The first kappa shape index (κ1) is 12.6. The van der Waals surface area contributed by atoms with Gasteiger partial charge in [-0.2, -0.15) is 0 Å². The minimum absolute atomic E-state index is 0.556. The molecule has 0 radical (unpaired) electrons. The molecule has 1 fully saturated rings. The van der Waals surface area contributed by atoms with Crippen LogP contribution in [0.1, 0.15) is 44.6 Å². The molecule has 98 valence electrons. The maximum absolute atomic E-state index is 3.81. The molecule has 1 aromatic rings. The van der Waals surface area contributed by atoms with Gasteiger partial charge in [-0.3, -0.25) is 0 Å². The summed E-state index contributed by atoms with van der Waals surface area (Å²) in [5.74, 6) is 1.97. The first-order valence-corrected chi connectivity index (χ1v) is 8.08. The maximum Gasteiger partial charge on any atom is 0.0108 e. The highest BCUT2D eigenvalue weighted by atomic mass is 32.2. The summed E-state index contributed by atoms with van der Waals surface area (Å²) in [7, 11) is 0. The summed E-state index contributed by atoms with van der Waals surface area (Å²) < 4.78 is 0. The lowest BCUT2D eigenvalue weighted by atomic mass is 9.92. The maximum atomic E-state index is 3.81. The van der Waals surface area contributed by atoms with Crippen LogP contribution >= 0.6 is 11.8 Å². The predicted molar refractivity (Wildman–Crippen MR) is 79.3 cm³/mol. The Hall–Kier alpha value is -0.470. The van der Waals surface area contributed by atoms with E-state index in [-0.39, 0.29) is 0 Å². The van der Waals surface area contributed by atoms with Gasteiger partial charge >= 0.3 is 0 Å². The van der Waals surface area contributed by atoms with Crippen molar-refractivity contribution in [3.8, 4) is 0 Å². The van der Waals surface area contributed by atoms with Crippen molar-refractivity contribution in [1.29, 1.82) is 0 Å². The zero-order chi connectivity index (χ0) is 12.6. The van der Waals surface area contributed by atoms with E-state index in [2.05, 4.69) is 43.4 Å². The second kappa shape index (κ2) is 4.90. The molecule has 1 aromatic carbocycles. The highest BCUT2D eigenvalue weighted by molar-refractivity contribution is 7.99. The van der Waals surface area contributed by atoms with Crippen molar-refractivity contribution < 1.29 is 0 Å². The van der Waals surface area contributed by atoms with E-state index in [0.29, 0.717) is 5.41 Å². The standard InChI is InChI=1S/C16H23NS/c1-16(2)8-7-13(9-16)17-10-12-11-18-15-6-4-3-5-14(12)15/h3-6,12-13,17H,7-11H2,1-2H3. The van der Waals surface area contributed by atoms with Gasteiger partial charge in [-0.15, -0.1) is 11.8 Å². The predicted octanol–water partition coefficient (Wildman–Crippen LogP) is 4.04. The van der Waals surface area contributed by atoms with Gasteiger partial charge in [-0.05, 0) is 36.3 Å². The fraction of sp³-hybridized carbons (Fsp3) is 0.625. The zero-order valence-corrected chi connectivity index (χ0v) is 12.2. The lowest BCUT2D eigenvalue weighted by molar-refractivity contribution is 0.363. The molecule has 1 nitrogen and oxygen atoms in total. The average Bonchev–Trinajstić information content (AvgIpc) is 2.90. The van der Waals surface area contributed by atoms with Crippen molar-refractivity contribution >= 4 is 11.8 Å². The van der Waals surface area contributed by atoms with Crippen LogP contribution in [0.2, 0.25) is 0 Å². The van der Waals surface area contributed by atoms with Crippen molar-refractivity contribution in [2.45, 2.75) is 50.0 Å². The molecule has 3 rings (SSSR count). The normalized spacial score (nSPS) is 29.4. The van der Waals surface area contributed by atoms with Crippen molar-refractivity contribution in [1.82, 2.24) is 5.32 Å². The van der Waals surface area contributed by atoms with Gasteiger partial charge in [0, 0.05) is 29.2 Å². The average molecular weight is 261 g/mol. The minimum Gasteiger partial charge on any atom is -0.313 e. The zero-order valence-electron chi connectivity index (χ0n) is 11.4. The third kappa shape index (κ3) is 2.60. The lowest BCUT2D eigenvalue weighted by Gasteiger charge is -2.19. The van der Waals surface area contributed by atoms with Gasteiger partial charge in [0.25, 0.3) is 0 Å². The largest absolute Gasteiger partial charge is 0.313 e. The van der Waals surface area contributed by atoms with Gasteiger partial charge in [0.05, 0.1) is 0 Å². The fourth-order valence-electron chi connectivity index (χ4n) is 3.32. The lowest BCUT2D eigenvalue weighted by Crippen LogP contribution is -2.31. The second-order valence-corrected chi connectivity index (χ2v) is 7.62. The van der Waals surface area contributed by atoms with Crippen molar-refractivity contribution in [2.75, 3.05) is 12.3 Å². The second-order valence-electron chi connectivity index (χ2n) is 6.56. The number of hydrogen-bond acceptors (Lipinski definition) is 2. The summed E-state index contributed by atoms with van der Waals surface area (Å²) in [5, 5.41) is 3.81. The van der Waals surface area contributed by atoms with Gasteiger partial charge < -0.3 is 5.32 Å². The van der Waals surface area contributed by atoms with Crippen LogP contribution in [0, 0.1) is 5.41 Å². The van der Waals surface area contributed by atoms with Crippen LogP contribution in [0.4, 0.5) is 0 Å². The molecular formula is C16H23NS. The first-order valence-electron chi connectivity index (χ1n) is 7.09. The number of fused-ring (bicyclic) bond motifs is 1. The van der Waals surface area contributed by atoms with Crippen LogP contribution < -0.4 is 5.32 Å². The number of rotatable bonds is 3. The Balaban J connectivity index is 1.56. The Morgan fingerprint density at radius 2 is 2.17 bits per heavy atom. The van der Waals surface area contributed by atoms with Crippen molar-refractivity contribution in [2.24, 2.45) is 5.41 Å². The summed E-state index contributed by atoms with van der Waals surface area (Å²) in [6.07, 6.45) is 4.07. The summed E-state index contributed by atoms with van der Waals surface area (Å²) in [5.41, 5.74) is 2.12. The monoisotopic (exact) mass is 261 g/mol. The van der Waals surface area contributed by atoms with E-state index in [1.165, 1.54) is 29.9 Å². The SMILES string of the molecule is CC1(C)CCC(NCC2CSc3ccccc32)C1. The van der Waals surface area contributed by atoms with Gasteiger partial charge in [0.1, 0.15) is 0 Å². The van der Waals surface area contributed by atoms with Crippen LogP contribution in [0.3, 0.4) is 0 Å². The fourth-order valence-corrected chi connectivity index (χ4v) is 4.57. The molecule has 18 heavy (non-hydrogen) atoms. The summed E-state index contributed by atoms with van der Waals surface area (Å²) in [4.78, 5) is 1.50. The van der Waals surface area contributed by atoms with E-state index in [9.17, 15) is 0 Å². The molecule has 2 atom stereocenters. The molecule has 0 amide bonds. The van der Waals surface area contributed by atoms with Crippen LogP contribution in [0.25, 0.3) is 0 Å². The van der Waals surface area contributed by atoms with Crippen LogP contribution in [-0.2, 0) is 0 Å². The third-order valence-electron chi connectivity index (χ3n) is 4.42. The molecule has 0 bridgehead atoms. The number of benzene rings is 1. The quantitative estimate of drug-likeness (QED) is 0.881. The number of nitrogens with one attached hydrogen (secondary N) is 1. The topological polar surface area (TPSA) is 12.0 Å². The highest BCUT2D eigenvalue weighted by Crippen LogP contribution is 2.40. The molecule has 2 aliphatic rings. The molecule has 1 N–H and O–H groups in total. The van der Waals surface area contributed by atoms with E-state index in [4.69, 9.17) is 0 Å². The van der Waals surface area contributed by atoms with Crippen molar-refractivity contribution in [3.05, 3.63) is 29.8 Å². The van der Waals surface area contributed by atoms with Crippen LogP contribution in [-0.4, -0.2) is 18.3 Å². The Kier molecular flexibility index (Phi) is 3.42. The van der Waals surface area contributed by atoms with E-state index in [1.807, 2.05) is 11.8 Å². The van der Waals surface area contributed by atoms with Crippen molar-refractivity contribution in [3.63, 3.8) is 0 Å².